The Morgan fingerprint density at radius 3 is 2.76 bits per heavy atom. The molecule has 0 aliphatic heterocycles. The third-order valence-electron chi connectivity index (χ3n) is 2.28. The summed E-state index contributed by atoms with van der Waals surface area (Å²) in [6.07, 6.45) is 4.20. The zero-order chi connectivity index (χ0) is 12.1. The van der Waals surface area contributed by atoms with Crippen molar-refractivity contribution in [1.29, 1.82) is 0 Å². The van der Waals surface area contributed by atoms with Crippen LogP contribution in [0, 0.1) is 0 Å². The second-order valence-electron chi connectivity index (χ2n) is 4.17. The zero-order valence-corrected chi connectivity index (χ0v) is 10.1. The lowest BCUT2D eigenvalue weighted by atomic mass is 10.2. The van der Waals surface area contributed by atoms with Crippen LogP contribution >= 0.6 is 0 Å². The van der Waals surface area contributed by atoms with Gasteiger partial charge in [0.15, 0.2) is 5.82 Å². The Balaban J connectivity index is 1.94. The molecule has 90 valence electrons. The number of nitrogens with one attached hydrogen (secondary N) is 1. The number of hydrogen-bond donors (Lipinski definition) is 1. The van der Waals surface area contributed by atoms with Crippen LogP contribution in [0.25, 0.3) is 0 Å². The molecule has 0 saturated heterocycles. The molecule has 0 atom stereocenters. The molecule has 0 fully saturated rings. The van der Waals surface area contributed by atoms with Gasteiger partial charge in [-0.15, -0.1) is 0 Å². The van der Waals surface area contributed by atoms with Crippen LogP contribution in [-0.4, -0.2) is 21.2 Å². The molecule has 17 heavy (non-hydrogen) atoms. The summed E-state index contributed by atoms with van der Waals surface area (Å²) in [5.41, 5.74) is 1.13. The standard InChI is InChI=1S/C12H16N4O/c1-9(2)14-8-12-15-11(16-17-12)7-10-3-5-13-6-4-10/h3-6,9,14H,7-8H2,1-2H3. The molecule has 2 rings (SSSR count). The molecule has 0 aliphatic rings. The number of hydrogen-bond acceptors (Lipinski definition) is 5. The fraction of sp³-hybridized carbons (Fsp3) is 0.417. The second-order valence-corrected chi connectivity index (χ2v) is 4.17. The molecule has 0 bridgehead atoms. The van der Waals surface area contributed by atoms with E-state index in [9.17, 15) is 0 Å². The van der Waals surface area contributed by atoms with E-state index in [1.807, 2.05) is 12.1 Å². The van der Waals surface area contributed by atoms with E-state index in [1.165, 1.54) is 0 Å². The quantitative estimate of drug-likeness (QED) is 0.847. The van der Waals surface area contributed by atoms with E-state index in [0.29, 0.717) is 30.7 Å². The number of pyridine rings is 1. The fourth-order valence-corrected chi connectivity index (χ4v) is 1.41. The molecule has 0 aromatic carbocycles. The van der Waals surface area contributed by atoms with Crippen LogP contribution < -0.4 is 5.32 Å². The summed E-state index contributed by atoms with van der Waals surface area (Å²) in [5, 5.41) is 7.18. The molecule has 0 aliphatic carbocycles. The van der Waals surface area contributed by atoms with Crippen LogP contribution in [-0.2, 0) is 13.0 Å². The minimum Gasteiger partial charge on any atom is -0.338 e. The minimum absolute atomic E-state index is 0.408. The predicted molar refractivity (Wildman–Crippen MR) is 63.3 cm³/mol. The molecule has 0 amide bonds. The molecule has 1 N–H and O–H groups in total. The van der Waals surface area contributed by atoms with Crippen molar-refractivity contribution in [3.05, 3.63) is 41.8 Å². The summed E-state index contributed by atoms with van der Waals surface area (Å²) in [7, 11) is 0. The Kier molecular flexibility index (Phi) is 3.82. The molecule has 2 aromatic rings. The SMILES string of the molecule is CC(C)NCc1nc(Cc2ccncc2)no1. The Labute approximate surface area is 100 Å². The monoisotopic (exact) mass is 232 g/mol. The third-order valence-corrected chi connectivity index (χ3v) is 2.28. The summed E-state index contributed by atoms with van der Waals surface area (Å²) < 4.78 is 5.15. The van der Waals surface area contributed by atoms with Crippen molar-refractivity contribution in [3.8, 4) is 0 Å². The van der Waals surface area contributed by atoms with Gasteiger partial charge in [0.25, 0.3) is 0 Å². The Morgan fingerprint density at radius 1 is 1.29 bits per heavy atom. The van der Waals surface area contributed by atoms with Crippen molar-refractivity contribution in [1.82, 2.24) is 20.4 Å². The van der Waals surface area contributed by atoms with Crippen LogP contribution in [0.1, 0.15) is 31.1 Å². The number of rotatable bonds is 5. The largest absolute Gasteiger partial charge is 0.338 e. The highest BCUT2D eigenvalue weighted by molar-refractivity contribution is 5.14. The lowest BCUT2D eigenvalue weighted by molar-refractivity contribution is 0.358. The highest BCUT2D eigenvalue weighted by Gasteiger charge is 2.07. The maximum absolute atomic E-state index is 5.15. The van der Waals surface area contributed by atoms with Gasteiger partial charge in [0.2, 0.25) is 5.89 Å². The summed E-state index contributed by atoms with van der Waals surface area (Å²) >= 11 is 0. The Hall–Kier alpha value is -1.75. The highest BCUT2D eigenvalue weighted by atomic mass is 16.5. The average molecular weight is 232 g/mol. The average Bonchev–Trinajstić information content (AvgIpc) is 2.75. The minimum atomic E-state index is 0.408. The van der Waals surface area contributed by atoms with E-state index >= 15 is 0 Å². The lowest BCUT2D eigenvalue weighted by Crippen LogP contribution is -2.21. The van der Waals surface area contributed by atoms with Gasteiger partial charge in [-0.3, -0.25) is 4.98 Å². The van der Waals surface area contributed by atoms with Crippen LogP contribution in [0.4, 0.5) is 0 Å². The summed E-state index contributed by atoms with van der Waals surface area (Å²) in [4.78, 5) is 8.28. The van der Waals surface area contributed by atoms with Gasteiger partial charge < -0.3 is 9.84 Å². The van der Waals surface area contributed by atoms with Gasteiger partial charge in [-0.25, -0.2) is 0 Å². The van der Waals surface area contributed by atoms with Gasteiger partial charge in [-0.2, -0.15) is 4.98 Å². The van der Waals surface area contributed by atoms with Crippen LogP contribution in [0.3, 0.4) is 0 Å². The number of nitrogens with zero attached hydrogens (tertiary/aromatic N) is 3. The van der Waals surface area contributed by atoms with E-state index in [2.05, 4.69) is 34.3 Å². The van der Waals surface area contributed by atoms with Crippen molar-refractivity contribution >= 4 is 0 Å². The van der Waals surface area contributed by atoms with Crippen molar-refractivity contribution in [3.63, 3.8) is 0 Å². The topological polar surface area (TPSA) is 63.8 Å². The Morgan fingerprint density at radius 2 is 2.06 bits per heavy atom. The van der Waals surface area contributed by atoms with E-state index in [4.69, 9.17) is 4.52 Å². The molecule has 0 saturated carbocycles. The normalized spacial score (nSPS) is 11.0. The van der Waals surface area contributed by atoms with Crippen molar-refractivity contribution in [2.45, 2.75) is 32.9 Å². The molecular formula is C12H16N4O. The van der Waals surface area contributed by atoms with E-state index < -0.39 is 0 Å². The molecular weight excluding hydrogens is 216 g/mol. The molecule has 2 heterocycles. The maximum atomic E-state index is 5.15. The predicted octanol–water partition coefficient (Wildman–Crippen LogP) is 1.55. The third kappa shape index (κ3) is 3.64. The van der Waals surface area contributed by atoms with Crippen LogP contribution in [0.5, 0.6) is 0 Å². The van der Waals surface area contributed by atoms with Gasteiger partial charge in [0.1, 0.15) is 0 Å². The lowest BCUT2D eigenvalue weighted by Gasteiger charge is -2.02. The van der Waals surface area contributed by atoms with Gasteiger partial charge in [0, 0.05) is 24.9 Å². The van der Waals surface area contributed by atoms with E-state index in [0.717, 1.165) is 5.56 Å². The first-order chi connectivity index (χ1) is 8.24. The molecule has 0 unspecified atom stereocenters. The maximum Gasteiger partial charge on any atom is 0.240 e. The second kappa shape index (κ2) is 5.54. The first kappa shape index (κ1) is 11.7. The van der Waals surface area contributed by atoms with E-state index in [1.54, 1.807) is 12.4 Å². The van der Waals surface area contributed by atoms with Crippen molar-refractivity contribution in [2.75, 3.05) is 0 Å². The first-order valence-corrected chi connectivity index (χ1v) is 5.68. The molecule has 5 heteroatoms. The van der Waals surface area contributed by atoms with E-state index in [-0.39, 0.29) is 0 Å². The summed E-state index contributed by atoms with van der Waals surface area (Å²) in [6, 6.07) is 4.30. The van der Waals surface area contributed by atoms with Gasteiger partial charge in [0.05, 0.1) is 6.54 Å². The molecule has 0 radical (unpaired) electrons. The zero-order valence-electron chi connectivity index (χ0n) is 10.1. The highest BCUT2D eigenvalue weighted by Crippen LogP contribution is 2.05. The van der Waals surface area contributed by atoms with Crippen molar-refractivity contribution < 1.29 is 4.52 Å². The molecule has 2 aromatic heterocycles. The van der Waals surface area contributed by atoms with Crippen LogP contribution in [0.2, 0.25) is 0 Å². The fourth-order valence-electron chi connectivity index (χ4n) is 1.41. The Bertz CT molecular complexity index is 453. The van der Waals surface area contributed by atoms with Gasteiger partial charge >= 0.3 is 0 Å². The molecule has 5 nitrogen and oxygen atoms in total. The summed E-state index contributed by atoms with van der Waals surface area (Å²) in [6.45, 7) is 4.77. The van der Waals surface area contributed by atoms with Gasteiger partial charge in [-0.05, 0) is 17.7 Å². The summed E-state index contributed by atoms with van der Waals surface area (Å²) in [5.74, 6) is 1.33. The van der Waals surface area contributed by atoms with Crippen LogP contribution in [0.15, 0.2) is 29.0 Å². The first-order valence-electron chi connectivity index (χ1n) is 5.68. The number of aromatic nitrogens is 3. The molecule has 0 spiro atoms. The van der Waals surface area contributed by atoms with Crippen molar-refractivity contribution in [2.24, 2.45) is 0 Å². The smallest absolute Gasteiger partial charge is 0.240 e. The van der Waals surface area contributed by atoms with Gasteiger partial charge in [-0.1, -0.05) is 19.0 Å².